The highest BCUT2D eigenvalue weighted by atomic mass is 35.5. The first-order valence-corrected chi connectivity index (χ1v) is 5.42. The van der Waals surface area contributed by atoms with E-state index in [1.54, 1.807) is 18.7 Å². The third-order valence-electron chi connectivity index (χ3n) is 2.27. The van der Waals surface area contributed by atoms with E-state index in [1.165, 1.54) is 5.56 Å². The first-order valence-electron chi connectivity index (χ1n) is 5.04. The number of pyridine rings is 1. The van der Waals surface area contributed by atoms with Gasteiger partial charge in [0.15, 0.2) is 0 Å². The lowest BCUT2D eigenvalue weighted by molar-refractivity contribution is 0.317. The second kappa shape index (κ2) is 5.14. The highest BCUT2D eigenvalue weighted by molar-refractivity contribution is 6.29. The van der Waals surface area contributed by atoms with Gasteiger partial charge < -0.3 is 4.42 Å². The molecule has 0 bridgehead atoms. The van der Waals surface area contributed by atoms with Crippen molar-refractivity contribution in [1.29, 1.82) is 0 Å². The Morgan fingerprint density at radius 3 is 2.69 bits per heavy atom. The Kier molecular flexibility index (Phi) is 3.59. The lowest BCUT2D eigenvalue weighted by Gasteiger charge is -2.15. The molecule has 2 aromatic heterocycles. The van der Waals surface area contributed by atoms with Crippen LogP contribution in [-0.2, 0) is 13.1 Å². The molecule has 0 aliphatic carbocycles. The number of aromatic nitrogens is 1. The fraction of sp³-hybridized carbons (Fsp3) is 0.250. The van der Waals surface area contributed by atoms with Gasteiger partial charge in [0.25, 0.3) is 0 Å². The average Bonchev–Trinajstić information content (AvgIpc) is 2.74. The standard InChI is InChI=1S/C12H13ClN2O/c1-15(8-11-4-5-16-9-11)7-10-2-3-12(13)14-6-10/h2-6,9H,7-8H2,1H3. The molecule has 0 aromatic carbocycles. The number of halogens is 1. The summed E-state index contributed by atoms with van der Waals surface area (Å²) in [4.78, 5) is 6.24. The van der Waals surface area contributed by atoms with Gasteiger partial charge in [0.05, 0.1) is 12.5 Å². The van der Waals surface area contributed by atoms with Crippen molar-refractivity contribution >= 4 is 11.6 Å². The zero-order chi connectivity index (χ0) is 11.4. The van der Waals surface area contributed by atoms with Crippen molar-refractivity contribution in [1.82, 2.24) is 9.88 Å². The smallest absolute Gasteiger partial charge is 0.129 e. The van der Waals surface area contributed by atoms with E-state index in [-0.39, 0.29) is 0 Å². The molecule has 0 atom stereocenters. The molecule has 0 saturated carbocycles. The summed E-state index contributed by atoms with van der Waals surface area (Å²) >= 11 is 5.73. The van der Waals surface area contributed by atoms with Gasteiger partial charge in [-0.2, -0.15) is 0 Å². The van der Waals surface area contributed by atoms with Crippen LogP contribution in [-0.4, -0.2) is 16.9 Å². The van der Waals surface area contributed by atoms with Crippen LogP contribution < -0.4 is 0 Å². The van der Waals surface area contributed by atoms with Crippen LogP contribution in [0.5, 0.6) is 0 Å². The van der Waals surface area contributed by atoms with Gasteiger partial charge in [-0.25, -0.2) is 4.98 Å². The Hall–Kier alpha value is -1.32. The predicted molar refractivity (Wildman–Crippen MR) is 63.1 cm³/mol. The first-order chi connectivity index (χ1) is 7.74. The summed E-state index contributed by atoms with van der Waals surface area (Å²) in [6.07, 6.45) is 5.25. The summed E-state index contributed by atoms with van der Waals surface area (Å²) in [6.45, 7) is 1.70. The van der Waals surface area contributed by atoms with Crippen LogP contribution in [0.15, 0.2) is 41.3 Å². The van der Waals surface area contributed by atoms with E-state index >= 15 is 0 Å². The van der Waals surface area contributed by atoms with Crippen LogP contribution in [0, 0.1) is 0 Å². The third kappa shape index (κ3) is 3.08. The van der Waals surface area contributed by atoms with Gasteiger partial charge in [0, 0.05) is 24.8 Å². The molecule has 2 aromatic rings. The van der Waals surface area contributed by atoms with E-state index in [2.05, 4.69) is 16.9 Å². The Morgan fingerprint density at radius 2 is 2.06 bits per heavy atom. The lowest BCUT2D eigenvalue weighted by Crippen LogP contribution is -2.16. The molecule has 0 N–H and O–H groups in total. The summed E-state index contributed by atoms with van der Waals surface area (Å²) in [7, 11) is 2.06. The molecule has 0 aliphatic heterocycles. The normalized spacial score (nSPS) is 10.9. The summed E-state index contributed by atoms with van der Waals surface area (Å²) < 4.78 is 5.02. The maximum Gasteiger partial charge on any atom is 0.129 e. The van der Waals surface area contributed by atoms with E-state index in [0.29, 0.717) is 5.15 Å². The SMILES string of the molecule is CN(Cc1ccc(Cl)nc1)Cc1ccoc1. The van der Waals surface area contributed by atoms with Gasteiger partial charge in [-0.1, -0.05) is 17.7 Å². The lowest BCUT2D eigenvalue weighted by atomic mass is 10.2. The Balaban J connectivity index is 1.92. The predicted octanol–water partition coefficient (Wildman–Crippen LogP) is 2.96. The molecule has 0 fully saturated rings. The van der Waals surface area contributed by atoms with Gasteiger partial charge in [0.2, 0.25) is 0 Å². The quantitative estimate of drug-likeness (QED) is 0.765. The zero-order valence-corrected chi connectivity index (χ0v) is 9.81. The highest BCUT2D eigenvalue weighted by Crippen LogP contribution is 2.10. The molecule has 2 rings (SSSR count). The second-order valence-electron chi connectivity index (χ2n) is 3.79. The third-order valence-corrected chi connectivity index (χ3v) is 2.50. The van der Waals surface area contributed by atoms with Gasteiger partial charge in [-0.05, 0) is 24.7 Å². The molecule has 0 spiro atoms. The van der Waals surface area contributed by atoms with Crippen molar-refractivity contribution in [2.24, 2.45) is 0 Å². The largest absolute Gasteiger partial charge is 0.472 e. The van der Waals surface area contributed by atoms with E-state index in [1.807, 2.05) is 18.2 Å². The molecule has 0 amide bonds. The Bertz CT molecular complexity index is 425. The zero-order valence-electron chi connectivity index (χ0n) is 9.06. The minimum absolute atomic E-state index is 0.529. The number of hydrogen-bond acceptors (Lipinski definition) is 3. The molecule has 0 aliphatic rings. The van der Waals surface area contributed by atoms with E-state index in [9.17, 15) is 0 Å². The fourth-order valence-electron chi connectivity index (χ4n) is 1.56. The van der Waals surface area contributed by atoms with Gasteiger partial charge in [-0.15, -0.1) is 0 Å². The first kappa shape index (κ1) is 11.2. The minimum Gasteiger partial charge on any atom is -0.472 e. The summed E-state index contributed by atoms with van der Waals surface area (Å²) in [5, 5.41) is 0.529. The number of furan rings is 1. The summed E-state index contributed by atoms with van der Waals surface area (Å²) in [6, 6.07) is 5.76. The van der Waals surface area contributed by atoms with Gasteiger partial charge in [-0.3, -0.25) is 4.90 Å². The van der Waals surface area contributed by atoms with Crippen molar-refractivity contribution in [3.63, 3.8) is 0 Å². The monoisotopic (exact) mass is 236 g/mol. The van der Waals surface area contributed by atoms with Crippen molar-refractivity contribution in [2.75, 3.05) is 7.05 Å². The van der Waals surface area contributed by atoms with Crippen LogP contribution in [0.1, 0.15) is 11.1 Å². The Morgan fingerprint density at radius 1 is 1.25 bits per heavy atom. The Labute approximate surface area is 99.7 Å². The molecule has 2 heterocycles. The molecule has 4 heteroatoms. The maximum atomic E-state index is 5.73. The van der Waals surface area contributed by atoms with Crippen LogP contribution in [0.25, 0.3) is 0 Å². The van der Waals surface area contributed by atoms with Crippen molar-refractivity contribution in [2.45, 2.75) is 13.1 Å². The minimum atomic E-state index is 0.529. The van der Waals surface area contributed by atoms with E-state index in [0.717, 1.165) is 18.7 Å². The fourth-order valence-corrected chi connectivity index (χ4v) is 1.67. The molecule has 0 saturated heterocycles. The van der Waals surface area contributed by atoms with Gasteiger partial charge in [0.1, 0.15) is 5.15 Å². The summed E-state index contributed by atoms with van der Waals surface area (Å²) in [5.74, 6) is 0. The van der Waals surface area contributed by atoms with Crippen LogP contribution >= 0.6 is 11.6 Å². The van der Waals surface area contributed by atoms with E-state index in [4.69, 9.17) is 16.0 Å². The summed E-state index contributed by atoms with van der Waals surface area (Å²) in [5.41, 5.74) is 2.32. The number of hydrogen-bond donors (Lipinski definition) is 0. The number of nitrogens with zero attached hydrogens (tertiary/aromatic N) is 2. The molecule has 0 radical (unpaired) electrons. The molecular weight excluding hydrogens is 224 g/mol. The number of rotatable bonds is 4. The molecular formula is C12H13ClN2O. The van der Waals surface area contributed by atoms with Crippen LogP contribution in [0.4, 0.5) is 0 Å². The van der Waals surface area contributed by atoms with Crippen molar-refractivity contribution in [3.8, 4) is 0 Å². The molecule has 0 unspecified atom stereocenters. The highest BCUT2D eigenvalue weighted by Gasteiger charge is 2.03. The molecule has 3 nitrogen and oxygen atoms in total. The molecule has 16 heavy (non-hydrogen) atoms. The van der Waals surface area contributed by atoms with Crippen LogP contribution in [0.3, 0.4) is 0 Å². The second-order valence-corrected chi connectivity index (χ2v) is 4.18. The van der Waals surface area contributed by atoms with Gasteiger partial charge >= 0.3 is 0 Å². The van der Waals surface area contributed by atoms with Crippen molar-refractivity contribution < 1.29 is 4.42 Å². The van der Waals surface area contributed by atoms with Crippen molar-refractivity contribution in [3.05, 3.63) is 53.2 Å². The molecule has 84 valence electrons. The average molecular weight is 237 g/mol. The topological polar surface area (TPSA) is 29.3 Å². The van der Waals surface area contributed by atoms with Crippen LogP contribution in [0.2, 0.25) is 5.15 Å². The van der Waals surface area contributed by atoms with E-state index < -0.39 is 0 Å². The maximum absolute atomic E-state index is 5.73.